The van der Waals surface area contributed by atoms with E-state index in [1.807, 2.05) is 27.2 Å². The average molecular weight is 1070 g/mol. The van der Waals surface area contributed by atoms with E-state index < -0.39 is 26.6 Å². The molecular formula is C66H117N2O6P. The van der Waals surface area contributed by atoms with Gasteiger partial charge in [-0.2, -0.15) is 0 Å². The van der Waals surface area contributed by atoms with Crippen molar-refractivity contribution in [3.05, 3.63) is 109 Å². The fourth-order valence-corrected chi connectivity index (χ4v) is 9.17. The highest BCUT2D eigenvalue weighted by Gasteiger charge is 2.23. The second-order valence-electron chi connectivity index (χ2n) is 21.7. The number of quaternary nitrogens is 1. The van der Waals surface area contributed by atoms with Gasteiger partial charge in [0.15, 0.2) is 0 Å². The Balaban J connectivity index is 3.94. The number of nitrogens with one attached hydrogen (secondary N) is 1. The molecule has 9 heteroatoms. The molecule has 8 nitrogen and oxygen atoms in total. The maximum atomic E-state index is 12.9. The molecule has 0 spiro atoms. The first-order chi connectivity index (χ1) is 36.5. The topological polar surface area (TPSA) is 108 Å². The summed E-state index contributed by atoms with van der Waals surface area (Å²) in [4.78, 5) is 25.4. The Morgan fingerprint density at radius 3 is 1.24 bits per heavy atom. The lowest BCUT2D eigenvalue weighted by atomic mass is 10.0. The molecule has 0 aliphatic rings. The standard InChI is InChI=1S/C66H117N2O6P/c1-6-8-10-12-14-16-18-20-21-22-23-24-25-26-27-28-29-30-31-32-33-34-35-36-37-38-39-40-41-42-43-44-45-46-47-48-50-52-54-56-58-60-66(70)67-64(63-74-75(71,72)73-62-61-68(3,4)5)65(69)59-57-55-53-51-49-19-17-15-13-11-9-7-2/h8,10,14,16,20-21,23-24,26-27,29-30,32-33,49,51,57,59,64-65,69H,6-7,9,11-13,15,17-19,22,25,28,31,34-48,50,52-56,58,60-63H2,1-5H3,(H-,67,70,71,72)/b10-8-,16-14-,21-20-,24-23-,27-26-,30-29-,33-32-,51-49+,59-57+. The molecule has 0 saturated heterocycles. The van der Waals surface area contributed by atoms with Crippen LogP contribution >= 0.6 is 7.82 Å². The summed E-state index contributed by atoms with van der Waals surface area (Å²) in [5.74, 6) is -0.209. The average Bonchev–Trinajstić information content (AvgIpc) is 3.37. The van der Waals surface area contributed by atoms with Crippen LogP contribution in [0.1, 0.15) is 251 Å². The third-order valence-corrected chi connectivity index (χ3v) is 14.2. The first-order valence-electron chi connectivity index (χ1n) is 30.7. The number of carbonyl (C=O) groups excluding carboxylic acids is 1. The maximum absolute atomic E-state index is 12.9. The lowest BCUT2D eigenvalue weighted by Gasteiger charge is -2.29. The molecule has 432 valence electrons. The Bertz CT molecular complexity index is 1590. The molecule has 0 heterocycles. The van der Waals surface area contributed by atoms with Crippen molar-refractivity contribution in [2.75, 3.05) is 40.9 Å². The van der Waals surface area contributed by atoms with E-state index in [1.54, 1.807) is 6.08 Å². The van der Waals surface area contributed by atoms with Gasteiger partial charge in [-0.05, 0) is 89.9 Å². The minimum Gasteiger partial charge on any atom is -0.756 e. The zero-order chi connectivity index (χ0) is 54.9. The van der Waals surface area contributed by atoms with E-state index in [0.717, 1.165) is 83.5 Å². The molecule has 75 heavy (non-hydrogen) atoms. The van der Waals surface area contributed by atoms with Crippen molar-refractivity contribution in [3.63, 3.8) is 0 Å². The lowest BCUT2D eigenvalue weighted by molar-refractivity contribution is -0.870. The molecule has 3 atom stereocenters. The number of aliphatic hydroxyl groups excluding tert-OH is 1. The predicted molar refractivity (Wildman–Crippen MR) is 325 cm³/mol. The highest BCUT2D eigenvalue weighted by molar-refractivity contribution is 7.45. The van der Waals surface area contributed by atoms with Gasteiger partial charge in [-0.15, -0.1) is 0 Å². The number of unbranched alkanes of at least 4 members (excludes halogenated alkanes) is 26. The summed E-state index contributed by atoms with van der Waals surface area (Å²) in [5, 5.41) is 13.8. The van der Waals surface area contributed by atoms with Crippen molar-refractivity contribution >= 4 is 13.7 Å². The Labute approximate surface area is 463 Å². The van der Waals surface area contributed by atoms with Crippen molar-refractivity contribution in [2.24, 2.45) is 0 Å². The van der Waals surface area contributed by atoms with E-state index in [4.69, 9.17) is 9.05 Å². The number of hydrogen-bond acceptors (Lipinski definition) is 6. The van der Waals surface area contributed by atoms with Gasteiger partial charge in [0.05, 0.1) is 39.9 Å². The van der Waals surface area contributed by atoms with E-state index in [9.17, 15) is 19.4 Å². The molecule has 1 amide bonds. The van der Waals surface area contributed by atoms with Crippen molar-refractivity contribution in [1.29, 1.82) is 0 Å². The van der Waals surface area contributed by atoms with Gasteiger partial charge in [-0.1, -0.05) is 264 Å². The van der Waals surface area contributed by atoms with Crippen LogP contribution in [-0.2, 0) is 18.4 Å². The third kappa shape index (κ3) is 58.7. The molecule has 0 aliphatic carbocycles. The SMILES string of the molecule is CC/C=C\C/C=C\C/C=C\C/C=C\C/C=C\C/C=C\C/C=C\CCCCCCCCCCCCCCCCCCCCCC(=O)NC(COP(=O)([O-])OCC[N+](C)(C)C)C(O)/C=C/CC/C=C/CCCCCCCC. The number of nitrogens with zero attached hydrogens (tertiary/aromatic N) is 1. The highest BCUT2D eigenvalue weighted by atomic mass is 31.2. The smallest absolute Gasteiger partial charge is 0.268 e. The number of phosphoric ester groups is 1. The lowest BCUT2D eigenvalue weighted by Crippen LogP contribution is -2.45. The quantitative estimate of drug-likeness (QED) is 0.0272. The molecule has 0 bridgehead atoms. The first kappa shape index (κ1) is 72.2. The zero-order valence-electron chi connectivity index (χ0n) is 49.2. The summed E-state index contributed by atoms with van der Waals surface area (Å²) >= 11 is 0. The number of allylic oxidation sites excluding steroid dienone is 17. The largest absolute Gasteiger partial charge is 0.756 e. The summed E-state index contributed by atoms with van der Waals surface area (Å²) in [5.41, 5.74) is 0. The molecule has 3 unspecified atom stereocenters. The van der Waals surface area contributed by atoms with E-state index in [0.29, 0.717) is 17.4 Å². The van der Waals surface area contributed by atoms with Crippen molar-refractivity contribution in [3.8, 4) is 0 Å². The van der Waals surface area contributed by atoms with Crippen LogP contribution in [0.15, 0.2) is 109 Å². The number of rotatable bonds is 55. The van der Waals surface area contributed by atoms with E-state index in [-0.39, 0.29) is 12.5 Å². The number of aliphatic hydroxyl groups is 1. The Morgan fingerprint density at radius 2 is 0.827 bits per heavy atom. The second-order valence-corrected chi connectivity index (χ2v) is 23.1. The van der Waals surface area contributed by atoms with Gasteiger partial charge in [-0.25, -0.2) is 0 Å². The van der Waals surface area contributed by atoms with E-state index >= 15 is 0 Å². The van der Waals surface area contributed by atoms with Crippen molar-refractivity contribution < 1.29 is 32.9 Å². The maximum Gasteiger partial charge on any atom is 0.268 e. The molecule has 0 fully saturated rings. The van der Waals surface area contributed by atoms with Crippen LogP contribution in [0.25, 0.3) is 0 Å². The number of phosphoric acid groups is 1. The molecule has 0 aromatic carbocycles. The fourth-order valence-electron chi connectivity index (χ4n) is 8.44. The minimum absolute atomic E-state index is 0.00885. The second kappa shape index (κ2) is 55.9. The molecule has 0 saturated carbocycles. The number of likely N-dealkylation sites (N-methyl/N-ethyl adjacent to an activating group) is 1. The van der Waals surface area contributed by atoms with Crippen LogP contribution < -0.4 is 10.2 Å². The van der Waals surface area contributed by atoms with Gasteiger partial charge >= 0.3 is 0 Å². The molecule has 2 N–H and O–H groups in total. The number of hydrogen-bond donors (Lipinski definition) is 2. The summed E-state index contributed by atoms with van der Waals surface area (Å²) in [6, 6.07) is -0.906. The summed E-state index contributed by atoms with van der Waals surface area (Å²) in [6.45, 7) is 4.49. The van der Waals surface area contributed by atoms with Gasteiger partial charge in [0.2, 0.25) is 5.91 Å². The van der Waals surface area contributed by atoms with Crippen LogP contribution in [0.2, 0.25) is 0 Å². The van der Waals surface area contributed by atoms with Gasteiger partial charge in [0.25, 0.3) is 7.82 Å². The van der Waals surface area contributed by atoms with Gasteiger partial charge in [0, 0.05) is 6.42 Å². The third-order valence-electron chi connectivity index (χ3n) is 13.2. The van der Waals surface area contributed by atoms with Crippen LogP contribution in [-0.4, -0.2) is 68.5 Å². The molecular weight excluding hydrogens is 948 g/mol. The summed E-state index contributed by atoms with van der Waals surface area (Å²) in [6.07, 6.45) is 82.0. The van der Waals surface area contributed by atoms with Crippen molar-refractivity contribution in [2.45, 2.75) is 264 Å². The number of amides is 1. The van der Waals surface area contributed by atoms with Crippen LogP contribution in [0.4, 0.5) is 0 Å². The summed E-state index contributed by atoms with van der Waals surface area (Å²) in [7, 11) is 1.24. The van der Waals surface area contributed by atoms with Crippen LogP contribution in [0.3, 0.4) is 0 Å². The zero-order valence-corrected chi connectivity index (χ0v) is 50.1. The molecule has 0 aromatic rings. The van der Waals surface area contributed by atoms with Gasteiger partial charge < -0.3 is 28.8 Å². The first-order valence-corrected chi connectivity index (χ1v) is 32.2. The van der Waals surface area contributed by atoms with Crippen LogP contribution in [0, 0.1) is 0 Å². The van der Waals surface area contributed by atoms with Crippen molar-refractivity contribution in [1.82, 2.24) is 5.32 Å². The normalized spacial score (nSPS) is 14.6. The Kier molecular flexibility index (Phi) is 53.8. The van der Waals surface area contributed by atoms with E-state index in [2.05, 4.69) is 116 Å². The Hall–Kier alpha value is -2.84. The fraction of sp³-hybridized carbons (Fsp3) is 0.712. The molecule has 0 aliphatic heterocycles. The monoisotopic (exact) mass is 1060 g/mol. The summed E-state index contributed by atoms with van der Waals surface area (Å²) < 4.78 is 23.3. The van der Waals surface area contributed by atoms with E-state index in [1.165, 1.54) is 148 Å². The van der Waals surface area contributed by atoms with Gasteiger partial charge in [0.1, 0.15) is 13.2 Å². The predicted octanol–water partition coefficient (Wildman–Crippen LogP) is 18.5. The van der Waals surface area contributed by atoms with Crippen LogP contribution in [0.5, 0.6) is 0 Å². The molecule has 0 rings (SSSR count). The highest BCUT2D eigenvalue weighted by Crippen LogP contribution is 2.38. The number of carbonyl (C=O) groups is 1. The van der Waals surface area contributed by atoms with Gasteiger partial charge in [-0.3, -0.25) is 9.36 Å². The Morgan fingerprint density at radius 1 is 0.480 bits per heavy atom. The minimum atomic E-state index is -4.60. The molecule has 0 aromatic heterocycles. The molecule has 0 radical (unpaired) electrons.